The zero-order valence-corrected chi connectivity index (χ0v) is 22.0. The van der Waals surface area contributed by atoms with Gasteiger partial charge in [-0.3, -0.25) is 0 Å². The van der Waals surface area contributed by atoms with Gasteiger partial charge in [0.15, 0.2) is 0 Å². The van der Waals surface area contributed by atoms with Gasteiger partial charge in [-0.1, -0.05) is 0 Å². The Bertz CT molecular complexity index is 1390. The monoisotopic (exact) mass is 613 g/mol. The molecule has 7 rings (SSSR count). The van der Waals surface area contributed by atoms with Crippen LogP contribution in [-0.4, -0.2) is 21.8 Å². The van der Waals surface area contributed by atoms with Crippen molar-refractivity contribution in [2.24, 2.45) is 0 Å². The molecule has 0 aromatic heterocycles. The van der Waals surface area contributed by atoms with E-state index in [4.69, 9.17) is 9.47 Å². The SMILES string of the molecule is Cc1ccc(N2c3ccc(C)c4[c]3[Bi]3[c]5c(cc(C)cc5Oc5c(C)ccc2[c]53)O4)cc1. The Morgan fingerprint density at radius 1 is 0.594 bits per heavy atom. The van der Waals surface area contributed by atoms with E-state index in [1.54, 1.807) is 0 Å². The maximum absolute atomic E-state index is 6.64. The molecule has 4 aromatic carbocycles. The first-order valence-corrected chi connectivity index (χ1v) is 16.2. The summed E-state index contributed by atoms with van der Waals surface area (Å²) in [6.45, 7) is 8.60. The summed E-state index contributed by atoms with van der Waals surface area (Å²) < 4.78 is 17.5. The fourth-order valence-corrected chi connectivity index (χ4v) is 16.7. The summed E-state index contributed by atoms with van der Waals surface area (Å²) in [5.41, 5.74) is 8.58. The Hall–Kier alpha value is -2.84. The first-order chi connectivity index (χ1) is 15.5. The predicted molar refractivity (Wildman–Crippen MR) is 131 cm³/mol. The van der Waals surface area contributed by atoms with Crippen molar-refractivity contribution in [3.63, 3.8) is 0 Å². The molecule has 0 radical (unpaired) electrons. The van der Waals surface area contributed by atoms with Crippen LogP contribution >= 0.6 is 0 Å². The zero-order valence-electron chi connectivity index (χ0n) is 18.5. The van der Waals surface area contributed by atoms with Gasteiger partial charge in [0.2, 0.25) is 0 Å². The quantitative estimate of drug-likeness (QED) is 0.231. The normalized spacial score (nSPS) is 14.6. The summed E-state index contributed by atoms with van der Waals surface area (Å²) in [6.07, 6.45) is 0. The molecule has 3 nitrogen and oxygen atoms in total. The number of anilines is 3. The van der Waals surface area contributed by atoms with Crippen molar-refractivity contribution >= 4 is 48.6 Å². The first kappa shape index (κ1) is 18.7. The van der Waals surface area contributed by atoms with E-state index in [-0.39, 0.29) is 0 Å². The number of rotatable bonds is 1. The number of nitrogens with zero attached hydrogens (tertiary/aromatic N) is 1. The van der Waals surface area contributed by atoms with Crippen LogP contribution in [-0.2, 0) is 0 Å². The van der Waals surface area contributed by atoms with Crippen molar-refractivity contribution in [1.82, 2.24) is 0 Å². The van der Waals surface area contributed by atoms with Gasteiger partial charge in [0.25, 0.3) is 0 Å². The molecule has 0 bridgehead atoms. The second kappa shape index (κ2) is 6.36. The number of hydrogen-bond donors (Lipinski definition) is 0. The number of hydrogen-bond acceptors (Lipinski definition) is 3. The van der Waals surface area contributed by atoms with E-state index in [0.717, 1.165) is 23.0 Å². The molecule has 0 amide bonds. The number of benzene rings is 4. The van der Waals surface area contributed by atoms with E-state index < -0.39 is 21.8 Å². The molecular formula is C28H22BiNO2. The van der Waals surface area contributed by atoms with Crippen molar-refractivity contribution in [2.75, 3.05) is 4.90 Å². The van der Waals surface area contributed by atoms with Crippen LogP contribution in [0.4, 0.5) is 17.1 Å². The van der Waals surface area contributed by atoms with E-state index in [2.05, 4.69) is 93.3 Å². The summed E-state index contributed by atoms with van der Waals surface area (Å²) in [6, 6.07) is 22.2. The van der Waals surface area contributed by atoms with Crippen molar-refractivity contribution in [3.8, 4) is 23.0 Å². The summed E-state index contributed by atoms with van der Waals surface area (Å²) in [7, 11) is 0. The molecule has 0 spiro atoms. The molecule has 0 aliphatic carbocycles. The van der Waals surface area contributed by atoms with Crippen LogP contribution in [0.1, 0.15) is 22.3 Å². The predicted octanol–water partition coefficient (Wildman–Crippen LogP) is 5.43. The van der Waals surface area contributed by atoms with E-state index in [9.17, 15) is 0 Å². The Morgan fingerprint density at radius 3 is 1.66 bits per heavy atom. The van der Waals surface area contributed by atoms with E-state index in [1.165, 1.54) is 49.1 Å². The third kappa shape index (κ3) is 2.34. The molecule has 4 aromatic rings. The molecule has 4 heteroatoms. The van der Waals surface area contributed by atoms with Gasteiger partial charge < -0.3 is 0 Å². The molecule has 156 valence electrons. The average Bonchev–Trinajstić information content (AvgIpc) is 2.78. The number of aryl methyl sites for hydroxylation is 4. The van der Waals surface area contributed by atoms with Crippen LogP contribution in [0.5, 0.6) is 23.0 Å². The molecular weight excluding hydrogens is 591 g/mol. The minimum absolute atomic E-state index is 1.01. The third-order valence-electron chi connectivity index (χ3n) is 6.67. The van der Waals surface area contributed by atoms with Gasteiger partial charge in [-0.2, -0.15) is 0 Å². The van der Waals surface area contributed by atoms with Crippen LogP contribution in [0.25, 0.3) is 0 Å². The molecule has 0 N–H and O–H groups in total. The summed E-state index contributed by atoms with van der Waals surface area (Å²) in [5.74, 6) is 4.16. The van der Waals surface area contributed by atoms with Crippen LogP contribution in [0.15, 0.2) is 60.7 Å². The Kier molecular flexibility index (Phi) is 3.72. The van der Waals surface area contributed by atoms with Gasteiger partial charge in [0, 0.05) is 0 Å². The third-order valence-corrected chi connectivity index (χ3v) is 17.0. The standard InChI is InChI=1S/C28H22NO2.Bi/c1-18-5-9-22(10-6-18)29-23-11-7-20(3)27(15-23)30-25-13-19(2)14-26(17-25)31-28-16-24(29)12-8-21(28)4;/h5-14H,1-4H3;. The van der Waals surface area contributed by atoms with E-state index in [1.807, 2.05) is 0 Å². The molecule has 0 saturated carbocycles. The van der Waals surface area contributed by atoms with E-state index in [0.29, 0.717) is 0 Å². The van der Waals surface area contributed by atoms with Crippen molar-refractivity contribution in [1.29, 1.82) is 0 Å². The van der Waals surface area contributed by atoms with Gasteiger partial charge in [0.1, 0.15) is 0 Å². The Balaban J connectivity index is 1.62. The molecule has 0 fully saturated rings. The van der Waals surface area contributed by atoms with Crippen molar-refractivity contribution in [3.05, 3.63) is 82.9 Å². The number of ether oxygens (including phenoxy) is 2. The molecule has 0 atom stereocenters. The zero-order chi connectivity index (χ0) is 21.7. The Morgan fingerprint density at radius 2 is 1.12 bits per heavy atom. The van der Waals surface area contributed by atoms with Gasteiger partial charge in [-0.05, 0) is 0 Å². The van der Waals surface area contributed by atoms with Crippen molar-refractivity contribution in [2.45, 2.75) is 27.7 Å². The summed E-state index contributed by atoms with van der Waals surface area (Å²) in [5, 5.41) is 0. The van der Waals surface area contributed by atoms with Gasteiger partial charge in [0.05, 0.1) is 0 Å². The molecule has 0 saturated heterocycles. The van der Waals surface area contributed by atoms with E-state index >= 15 is 0 Å². The molecule has 0 unspecified atom stereocenters. The molecule has 3 aliphatic heterocycles. The van der Waals surface area contributed by atoms with Crippen LogP contribution in [0.3, 0.4) is 0 Å². The van der Waals surface area contributed by atoms with Crippen LogP contribution in [0.2, 0.25) is 0 Å². The van der Waals surface area contributed by atoms with Gasteiger partial charge >= 0.3 is 197 Å². The van der Waals surface area contributed by atoms with Crippen LogP contribution < -0.4 is 24.2 Å². The second-order valence-corrected chi connectivity index (χ2v) is 16.8. The fraction of sp³-hybridized carbons (Fsp3) is 0.143. The topological polar surface area (TPSA) is 21.7 Å². The van der Waals surface area contributed by atoms with Gasteiger partial charge in [-0.15, -0.1) is 0 Å². The molecule has 3 aliphatic rings. The average molecular weight is 613 g/mol. The Labute approximate surface area is 195 Å². The second-order valence-electron chi connectivity index (χ2n) is 8.98. The summed E-state index contributed by atoms with van der Waals surface area (Å²) in [4.78, 5) is 2.42. The fourth-order valence-electron chi connectivity index (χ4n) is 5.12. The summed E-state index contributed by atoms with van der Waals surface area (Å²) >= 11 is -2.64. The van der Waals surface area contributed by atoms with Crippen molar-refractivity contribution < 1.29 is 9.47 Å². The minimum atomic E-state index is -2.64. The molecule has 32 heavy (non-hydrogen) atoms. The molecule has 3 heterocycles. The maximum atomic E-state index is 6.64. The van der Waals surface area contributed by atoms with Crippen LogP contribution in [0, 0.1) is 27.7 Å². The van der Waals surface area contributed by atoms with Gasteiger partial charge in [-0.25, -0.2) is 0 Å². The first-order valence-electron chi connectivity index (χ1n) is 11.0.